The largest absolute Gasteiger partial charge is 0.393 e. The van der Waals surface area contributed by atoms with E-state index in [4.69, 9.17) is 23.2 Å². The zero-order chi connectivity index (χ0) is 25.2. The van der Waals surface area contributed by atoms with E-state index in [9.17, 15) is 14.7 Å². The van der Waals surface area contributed by atoms with Crippen molar-refractivity contribution in [2.24, 2.45) is 0 Å². The topological polar surface area (TPSA) is 90.5 Å². The molecule has 0 unspecified atom stereocenters. The molecule has 3 atom stereocenters. The molecule has 1 saturated heterocycles. The summed E-state index contributed by atoms with van der Waals surface area (Å²) in [5.74, 6) is -1.96. The number of nitrogens with one attached hydrogen (secondary N) is 3. The standard InChI is InChI=1S/C27H28Cl2FN3O3/c28-14-5-10-18-20(13-14)32-25(36)27(18)21(17-3-1-4-19(29)22(17)30)23(33-26(27)11-2-12-26)24(35)31-15-6-8-16(34)9-7-15/h1,3-5,10,13,15-16,21,23,33-34H,2,6-9,11-12H2,(H,31,35)(H,32,36)/t15?,16?,21-,23+,27-/m0/s1. The Balaban J connectivity index is 1.50. The molecule has 2 aromatic rings. The van der Waals surface area contributed by atoms with Gasteiger partial charge in [0, 0.05) is 28.2 Å². The first-order valence-electron chi connectivity index (χ1n) is 12.6. The van der Waals surface area contributed by atoms with Crippen LogP contribution in [-0.2, 0) is 15.0 Å². The van der Waals surface area contributed by atoms with Crippen molar-refractivity contribution in [3.63, 3.8) is 0 Å². The molecule has 2 amide bonds. The van der Waals surface area contributed by atoms with Crippen LogP contribution in [0.1, 0.15) is 62.0 Å². The van der Waals surface area contributed by atoms with Crippen molar-refractivity contribution in [1.29, 1.82) is 0 Å². The number of benzene rings is 2. The summed E-state index contributed by atoms with van der Waals surface area (Å²) in [6.07, 6.45) is 4.51. The lowest BCUT2D eigenvalue weighted by atomic mass is 9.53. The molecule has 36 heavy (non-hydrogen) atoms. The lowest BCUT2D eigenvalue weighted by Gasteiger charge is -2.50. The number of hydrogen-bond donors (Lipinski definition) is 4. The van der Waals surface area contributed by atoms with Gasteiger partial charge in [0.1, 0.15) is 11.2 Å². The molecule has 190 valence electrons. The molecule has 4 N–H and O–H groups in total. The molecule has 2 saturated carbocycles. The van der Waals surface area contributed by atoms with E-state index in [0.717, 1.165) is 12.0 Å². The highest BCUT2D eigenvalue weighted by Gasteiger charge is 2.74. The summed E-state index contributed by atoms with van der Waals surface area (Å²) in [6.45, 7) is 0. The molecular formula is C27H28Cl2FN3O3. The van der Waals surface area contributed by atoms with Gasteiger partial charge in [0.2, 0.25) is 11.8 Å². The number of anilines is 1. The Kier molecular flexibility index (Phi) is 5.83. The third-order valence-electron chi connectivity index (χ3n) is 8.85. The maximum atomic E-state index is 15.7. The van der Waals surface area contributed by atoms with Gasteiger partial charge < -0.3 is 15.7 Å². The van der Waals surface area contributed by atoms with Crippen LogP contribution in [-0.4, -0.2) is 40.6 Å². The molecule has 4 aliphatic rings. The first-order chi connectivity index (χ1) is 17.3. The van der Waals surface area contributed by atoms with E-state index in [1.54, 1.807) is 24.3 Å². The number of carbonyl (C=O) groups excluding carboxylic acids is 2. The van der Waals surface area contributed by atoms with E-state index in [0.29, 0.717) is 49.2 Å². The highest BCUT2D eigenvalue weighted by molar-refractivity contribution is 6.31. The number of aliphatic hydroxyl groups excluding tert-OH is 1. The summed E-state index contributed by atoms with van der Waals surface area (Å²) in [6, 6.07) is 9.11. The predicted molar refractivity (Wildman–Crippen MR) is 136 cm³/mol. The van der Waals surface area contributed by atoms with Crippen molar-refractivity contribution < 1.29 is 19.1 Å². The number of rotatable bonds is 3. The summed E-state index contributed by atoms with van der Waals surface area (Å²) in [5, 5.41) is 20.0. The highest BCUT2D eigenvalue weighted by Crippen LogP contribution is 2.64. The number of halogens is 3. The Hall–Kier alpha value is -2.19. The fourth-order valence-electron chi connectivity index (χ4n) is 7.10. The normalized spacial score (nSPS) is 32.3. The van der Waals surface area contributed by atoms with E-state index < -0.39 is 28.7 Å². The molecule has 6 rings (SSSR count). The van der Waals surface area contributed by atoms with Crippen molar-refractivity contribution in [3.05, 3.63) is 63.4 Å². The van der Waals surface area contributed by atoms with Crippen molar-refractivity contribution in [2.45, 2.75) is 80.0 Å². The van der Waals surface area contributed by atoms with Crippen LogP contribution in [0.15, 0.2) is 36.4 Å². The molecule has 2 heterocycles. The quantitative estimate of drug-likeness (QED) is 0.471. The summed E-state index contributed by atoms with van der Waals surface area (Å²) in [4.78, 5) is 27.9. The van der Waals surface area contributed by atoms with Crippen LogP contribution in [0.3, 0.4) is 0 Å². The maximum absolute atomic E-state index is 15.7. The van der Waals surface area contributed by atoms with Crippen molar-refractivity contribution >= 4 is 40.7 Å². The molecule has 9 heteroatoms. The van der Waals surface area contributed by atoms with Gasteiger partial charge in [-0.05, 0) is 74.3 Å². The number of hydrogen-bond acceptors (Lipinski definition) is 4. The van der Waals surface area contributed by atoms with E-state index in [1.807, 2.05) is 6.07 Å². The number of carbonyl (C=O) groups is 2. The Bertz CT molecular complexity index is 1240. The van der Waals surface area contributed by atoms with Gasteiger partial charge in [0.15, 0.2) is 0 Å². The van der Waals surface area contributed by atoms with Gasteiger partial charge in [0.25, 0.3) is 0 Å². The van der Waals surface area contributed by atoms with Gasteiger partial charge >= 0.3 is 0 Å². The van der Waals surface area contributed by atoms with Crippen LogP contribution < -0.4 is 16.0 Å². The van der Waals surface area contributed by atoms with Crippen LogP contribution >= 0.6 is 23.2 Å². The zero-order valence-electron chi connectivity index (χ0n) is 19.6. The summed E-state index contributed by atoms with van der Waals surface area (Å²) < 4.78 is 15.7. The zero-order valence-corrected chi connectivity index (χ0v) is 21.1. The molecule has 2 aromatic carbocycles. The van der Waals surface area contributed by atoms with Gasteiger partial charge in [-0.15, -0.1) is 0 Å². The molecular weight excluding hydrogens is 504 g/mol. The molecule has 0 radical (unpaired) electrons. The van der Waals surface area contributed by atoms with E-state index in [2.05, 4.69) is 16.0 Å². The average Bonchev–Trinajstić information content (AvgIpc) is 3.30. The van der Waals surface area contributed by atoms with Crippen molar-refractivity contribution in [3.8, 4) is 0 Å². The van der Waals surface area contributed by atoms with Crippen LogP contribution in [0, 0.1) is 5.82 Å². The van der Waals surface area contributed by atoms with Gasteiger partial charge in [-0.3, -0.25) is 14.9 Å². The van der Waals surface area contributed by atoms with Crippen LogP contribution in [0.5, 0.6) is 0 Å². The van der Waals surface area contributed by atoms with Gasteiger partial charge in [-0.25, -0.2) is 4.39 Å². The molecule has 2 spiro atoms. The maximum Gasteiger partial charge on any atom is 0.238 e. The van der Waals surface area contributed by atoms with Crippen LogP contribution in [0.25, 0.3) is 0 Å². The number of aliphatic hydroxyl groups is 1. The summed E-state index contributed by atoms with van der Waals surface area (Å²) in [7, 11) is 0. The molecule has 2 aliphatic heterocycles. The molecule has 2 aliphatic carbocycles. The smallest absolute Gasteiger partial charge is 0.238 e. The molecule has 6 nitrogen and oxygen atoms in total. The Morgan fingerprint density at radius 2 is 1.86 bits per heavy atom. The lowest BCUT2D eigenvalue weighted by Crippen LogP contribution is -2.63. The average molecular weight is 532 g/mol. The third-order valence-corrected chi connectivity index (χ3v) is 9.38. The minimum absolute atomic E-state index is 0.0487. The van der Waals surface area contributed by atoms with Crippen LogP contribution in [0.2, 0.25) is 10.0 Å². The molecule has 0 bridgehead atoms. The summed E-state index contributed by atoms with van der Waals surface area (Å²) >= 11 is 12.5. The Morgan fingerprint density at radius 1 is 1.11 bits per heavy atom. The second-order valence-electron chi connectivity index (χ2n) is 10.6. The Morgan fingerprint density at radius 3 is 2.56 bits per heavy atom. The predicted octanol–water partition coefficient (Wildman–Crippen LogP) is 4.42. The summed E-state index contributed by atoms with van der Waals surface area (Å²) in [5.41, 5.74) is -0.349. The SMILES string of the molecule is O=C(NC1CCC(O)CC1)[C@@H]1NC2(CCC2)[C@]2(C(=O)Nc3cc(Cl)ccc32)[C@H]1c1cccc(Cl)c1F. The fraction of sp³-hybridized carbons (Fsp3) is 0.481. The minimum atomic E-state index is -1.21. The Labute approximate surface area is 218 Å². The van der Waals surface area contributed by atoms with E-state index in [-0.39, 0.29) is 34.5 Å². The third kappa shape index (κ3) is 3.36. The van der Waals surface area contributed by atoms with E-state index in [1.165, 1.54) is 6.07 Å². The van der Waals surface area contributed by atoms with Gasteiger partial charge in [0.05, 0.1) is 17.2 Å². The lowest BCUT2D eigenvalue weighted by molar-refractivity contribution is -0.125. The van der Waals surface area contributed by atoms with Crippen LogP contribution in [0.4, 0.5) is 10.1 Å². The first-order valence-corrected chi connectivity index (χ1v) is 13.3. The van der Waals surface area contributed by atoms with Gasteiger partial charge in [-0.1, -0.05) is 41.4 Å². The van der Waals surface area contributed by atoms with E-state index >= 15 is 4.39 Å². The van der Waals surface area contributed by atoms with Crippen molar-refractivity contribution in [1.82, 2.24) is 10.6 Å². The number of amides is 2. The second-order valence-corrected chi connectivity index (χ2v) is 11.5. The number of fused-ring (bicyclic) bond motifs is 3. The van der Waals surface area contributed by atoms with Gasteiger partial charge in [-0.2, -0.15) is 0 Å². The monoisotopic (exact) mass is 531 g/mol. The highest BCUT2D eigenvalue weighted by atomic mass is 35.5. The molecule has 3 fully saturated rings. The fourth-order valence-corrected chi connectivity index (χ4v) is 7.46. The first kappa shape index (κ1) is 24.2. The molecule has 0 aromatic heterocycles. The minimum Gasteiger partial charge on any atom is -0.393 e. The van der Waals surface area contributed by atoms with Crippen molar-refractivity contribution in [2.75, 3.05) is 5.32 Å². The second kappa shape index (κ2) is 8.69.